The third kappa shape index (κ3) is 39.5. The molecule has 2 nitrogen and oxygen atoms in total. The average Bonchev–Trinajstić information content (AvgIpc) is 1.00. The summed E-state index contributed by atoms with van der Waals surface area (Å²) in [6.45, 7) is 0. The Bertz CT molecular complexity index is 7.61. The van der Waals surface area contributed by atoms with Gasteiger partial charge in [0, 0.05) is 0 Å². The molecule has 0 saturated heterocycles. The molecule has 0 heterocycles. The summed E-state index contributed by atoms with van der Waals surface area (Å²) in [5.74, 6) is 0. The van der Waals surface area contributed by atoms with Crippen LogP contribution in [-0.2, 0) is 30.4 Å². The van der Waals surface area contributed by atoms with Crippen molar-refractivity contribution in [1.29, 1.82) is 0 Å². The van der Waals surface area contributed by atoms with Gasteiger partial charge in [-0.05, 0) is 0 Å². The van der Waals surface area contributed by atoms with Crippen LogP contribution in [0.15, 0.2) is 0 Å². The van der Waals surface area contributed by atoms with Gasteiger partial charge >= 0.3 is 41.0 Å². The van der Waals surface area contributed by atoms with Gasteiger partial charge in [0.1, 0.15) is 0 Å². The molecule has 0 aromatic carbocycles. The molecular formula is H2Ni2O2S. The standard InChI is InChI=1S/2Ni.2H2O.S/h;;2*1H2;/q;+2;;;/p-2. The van der Waals surface area contributed by atoms with Gasteiger partial charge in [-0.25, -0.2) is 0 Å². The Hall–Kier alpha value is 1.13. The van der Waals surface area contributed by atoms with Gasteiger partial charge in [0.05, 0.1) is 0 Å². The second-order valence-electron chi connectivity index (χ2n) is 0. The van der Waals surface area contributed by atoms with Gasteiger partial charge in [-0.1, -0.05) is 0 Å². The van der Waals surface area contributed by atoms with Crippen LogP contribution in [0.2, 0.25) is 0 Å². The molecule has 0 fully saturated rings. The van der Waals surface area contributed by atoms with E-state index in [2.05, 4.69) is 24.5 Å². The minimum absolute atomic E-state index is 0. The van der Waals surface area contributed by atoms with E-state index in [0.29, 0.717) is 0 Å². The number of hydrogen-bond acceptors (Lipinski definition) is 3. The van der Waals surface area contributed by atoms with Crippen molar-refractivity contribution in [1.82, 2.24) is 0 Å². The molecule has 0 amide bonds. The van der Waals surface area contributed by atoms with Crippen LogP contribution in [0, 0.1) is 0 Å². The molecule has 40 valence electrons. The summed E-state index contributed by atoms with van der Waals surface area (Å²) in [5, 5.41) is 0. The summed E-state index contributed by atoms with van der Waals surface area (Å²) in [6, 6.07) is 0. The summed E-state index contributed by atoms with van der Waals surface area (Å²) in [6.07, 6.45) is 0. The van der Waals surface area contributed by atoms with Crippen molar-refractivity contribution >= 4 is 10.7 Å². The zero-order chi connectivity index (χ0) is 2.00. The molecule has 0 aliphatic rings. The molecule has 0 radical (unpaired) electrons. The third-order valence-electron chi connectivity index (χ3n) is 0. The first-order chi connectivity index (χ1) is 1.00. The number of rotatable bonds is 0. The molecule has 0 unspecified atom stereocenters. The van der Waals surface area contributed by atoms with Gasteiger partial charge in [0.2, 0.25) is 0 Å². The van der Waals surface area contributed by atoms with Crippen molar-refractivity contribution in [3.8, 4) is 0 Å². The Labute approximate surface area is 52.2 Å². The molecule has 0 aliphatic carbocycles. The van der Waals surface area contributed by atoms with Gasteiger partial charge in [0.15, 0.2) is 0 Å². The van der Waals surface area contributed by atoms with Gasteiger partial charge in [-0.2, -0.15) is 0 Å². The van der Waals surface area contributed by atoms with E-state index in [4.69, 9.17) is 0 Å². The molecule has 0 saturated carbocycles. The first-order valence-electron chi connectivity index (χ1n) is 0.129. The fourth-order valence-electron chi connectivity index (χ4n) is 0. The van der Waals surface area contributed by atoms with Gasteiger partial charge < -0.3 is 11.0 Å². The summed E-state index contributed by atoms with van der Waals surface area (Å²) in [5.41, 5.74) is 0. The molecule has 0 bridgehead atoms. The van der Waals surface area contributed by atoms with E-state index in [9.17, 15) is 0 Å². The second-order valence-corrected chi connectivity index (χ2v) is 0. The van der Waals surface area contributed by atoms with Gasteiger partial charge in [-0.3, -0.25) is 0 Å². The van der Waals surface area contributed by atoms with Gasteiger partial charge in [0.25, 0.3) is 0 Å². The number of hydrogen-bond donors (Lipinski definition) is 0. The molecule has 0 aliphatic heterocycles. The molecule has 0 spiro atoms. The Morgan fingerprint density at radius 2 is 1.00 bits per heavy atom. The topological polar surface area (TPSA) is 60.0 Å². The van der Waals surface area contributed by atoms with Crippen molar-refractivity contribution < 1.29 is 41.3 Å². The van der Waals surface area contributed by atoms with E-state index in [0.717, 1.165) is 0 Å². The average molecular weight is 183 g/mol. The van der Waals surface area contributed by atoms with Crippen LogP contribution >= 0.6 is 10.7 Å². The molecule has 5 heavy (non-hydrogen) atoms. The van der Waals surface area contributed by atoms with E-state index in [1.807, 2.05) is 0 Å². The second kappa shape index (κ2) is 68.8. The van der Waals surface area contributed by atoms with E-state index in [1.54, 1.807) is 0 Å². The zero-order valence-electron chi connectivity index (χ0n) is 1.94. The van der Waals surface area contributed by atoms with Crippen LogP contribution in [0.1, 0.15) is 0 Å². The predicted octanol–water partition coefficient (Wildman–Crippen LogP) is 0.290. The Kier molecular flexibility index (Phi) is 489. The quantitative estimate of drug-likeness (QED) is 0.507. The maximum atomic E-state index is 3.71. The van der Waals surface area contributed by atoms with E-state index < -0.39 is 0 Å². The molecule has 2 N–H and O–H groups in total. The summed E-state index contributed by atoms with van der Waals surface area (Å²) in [4.78, 5) is 0. The van der Waals surface area contributed by atoms with Crippen LogP contribution in [0.5, 0.6) is 0 Å². The summed E-state index contributed by atoms with van der Waals surface area (Å²) >= 11 is 3.46. The minimum atomic E-state index is 0. The van der Waals surface area contributed by atoms with E-state index in [1.165, 1.54) is 0 Å². The normalized spacial score (nSPS) is 1.20. The summed E-state index contributed by atoms with van der Waals surface area (Å²) < 4.78 is 0. The van der Waals surface area contributed by atoms with Crippen molar-refractivity contribution in [2.75, 3.05) is 0 Å². The molecule has 0 aromatic heterocycles. The SMILES string of the molecule is [Ni+2].[OH-].[OH-].[S]=[Ni]. The first-order valence-corrected chi connectivity index (χ1v) is 1.60. The Balaban J connectivity index is -0.00000000167. The van der Waals surface area contributed by atoms with Crippen LogP contribution < -0.4 is 0 Å². The van der Waals surface area contributed by atoms with Crippen LogP contribution in [0.25, 0.3) is 0 Å². The van der Waals surface area contributed by atoms with E-state index >= 15 is 0 Å². The molecule has 5 heteroatoms. The third-order valence-corrected chi connectivity index (χ3v) is 0. The first kappa shape index (κ1) is 35.6. The van der Waals surface area contributed by atoms with Crippen molar-refractivity contribution in [2.24, 2.45) is 0 Å². The Morgan fingerprint density at radius 1 is 1.00 bits per heavy atom. The monoisotopic (exact) mass is 182 g/mol. The van der Waals surface area contributed by atoms with E-state index in [-0.39, 0.29) is 27.4 Å². The van der Waals surface area contributed by atoms with Crippen molar-refractivity contribution in [3.63, 3.8) is 0 Å². The fourth-order valence-corrected chi connectivity index (χ4v) is 0. The Morgan fingerprint density at radius 3 is 1.00 bits per heavy atom. The van der Waals surface area contributed by atoms with Crippen molar-refractivity contribution in [2.45, 2.75) is 0 Å². The molecular weight excluding hydrogens is 181 g/mol. The zero-order valence-corrected chi connectivity index (χ0v) is 4.73. The van der Waals surface area contributed by atoms with Crippen LogP contribution in [0.4, 0.5) is 0 Å². The summed E-state index contributed by atoms with van der Waals surface area (Å²) in [7, 11) is 3.71. The maximum absolute atomic E-state index is 3.71. The molecule has 0 aromatic rings. The molecule has 0 atom stereocenters. The van der Waals surface area contributed by atoms with Crippen molar-refractivity contribution in [3.05, 3.63) is 0 Å². The fraction of sp³-hybridized carbons (Fsp3) is 0. The van der Waals surface area contributed by atoms with Crippen LogP contribution in [0.3, 0.4) is 0 Å². The molecule has 0 rings (SSSR count). The van der Waals surface area contributed by atoms with Gasteiger partial charge in [-0.15, -0.1) is 0 Å². The van der Waals surface area contributed by atoms with Crippen LogP contribution in [-0.4, -0.2) is 11.0 Å². The predicted molar refractivity (Wildman–Crippen MR) is 11.5 cm³/mol.